The Kier molecular flexibility index (Phi) is 3.51. The van der Waals surface area contributed by atoms with E-state index in [9.17, 15) is 4.79 Å². The molecule has 1 aliphatic heterocycles. The number of hydrogen-bond acceptors (Lipinski definition) is 4. The van der Waals surface area contributed by atoms with E-state index < -0.39 is 0 Å². The highest BCUT2D eigenvalue weighted by atomic mass is 16.5. The number of benzene rings is 2. The largest absolute Gasteiger partial charge is 0.355 e. The summed E-state index contributed by atoms with van der Waals surface area (Å²) in [7, 11) is 0. The molecule has 1 fully saturated rings. The number of hydrogen-bond donors (Lipinski definition) is 0. The van der Waals surface area contributed by atoms with E-state index in [1.807, 2.05) is 23.1 Å². The van der Waals surface area contributed by atoms with Gasteiger partial charge in [-0.3, -0.25) is 4.79 Å². The van der Waals surface area contributed by atoms with Crippen LogP contribution in [0.25, 0.3) is 11.0 Å². The van der Waals surface area contributed by atoms with Gasteiger partial charge < -0.3 is 9.42 Å². The Balaban J connectivity index is 1.70. The molecule has 5 nitrogen and oxygen atoms in total. The standard InChI is InChI=1S/C19H15N3O2/c20-12-13-8-9-15-17(11-13)24-21-18(15)19(23)22-10-4-7-16(22)14-5-2-1-3-6-14/h1-3,5-6,8-9,11,16H,4,7,10H2/t16-/m0/s1. The normalized spacial score (nSPS) is 17.1. The maximum atomic E-state index is 13.0. The summed E-state index contributed by atoms with van der Waals surface area (Å²) < 4.78 is 5.26. The number of nitrogens with zero attached hydrogens (tertiary/aromatic N) is 3. The monoisotopic (exact) mass is 317 g/mol. The van der Waals surface area contributed by atoms with Gasteiger partial charge in [-0.15, -0.1) is 0 Å². The zero-order valence-electron chi connectivity index (χ0n) is 13.0. The van der Waals surface area contributed by atoms with Gasteiger partial charge >= 0.3 is 0 Å². The van der Waals surface area contributed by atoms with Crippen molar-refractivity contribution < 1.29 is 9.32 Å². The molecule has 2 heterocycles. The summed E-state index contributed by atoms with van der Waals surface area (Å²) in [6, 6.07) is 17.2. The maximum Gasteiger partial charge on any atom is 0.277 e. The molecule has 24 heavy (non-hydrogen) atoms. The minimum Gasteiger partial charge on any atom is -0.355 e. The number of rotatable bonds is 2. The SMILES string of the molecule is N#Cc1ccc2c(C(=O)N3CCC[C@H]3c3ccccc3)noc2c1. The molecule has 2 aromatic carbocycles. The number of fused-ring (bicyclic) bond motifs is 1. The van der Waals surface area contributed by atoms with Gasteiger partial charge in [0.25, 0.3) is 5.91 Å². The molecular formula is C19H15N3O2. The smallest absolute Gasteiger partial charge is 0.277 e. The van der Waals surface area contributed by atoms with Crippen molar-refractivity contribution in [2.75, 3.05) is 6.54 Å². The summed E-state index contributed by atoms with van der Waals surface area (Å²) in [5.41, 5.74) is 2.41. The molecule has 1 saturated heterocycles. The highest BCUT2D eigenvalue weighted by Gasteiger charge is 2.32. The van der Waals surface area contributed by atoms with Gasteiger partial charge in [-0.25, -0.2) is 0 Å². The highest BCUT2D eigenvalue weighted by Crippen LogP contribution is 2.34. The third-order valence-electron chi connectivity index (χ3n) is 4.50. The van der Waals surface area contributed by atoms with Crippen LogP contribution in [0.4, 0.5) is 0 Å². The van der Waals surface area contributed by atoms with E-state index in [0.717, 1.165) is 18.4 Å². The lowest BCUT2D eigenvalue weighted by molar-refractivity contribution is 0.0727. The molecule has 0 aliphatic carbocycles. The van der Waals surface area contributed by atoms with Crippen LogP contribution < -0.4 is 0 Å². The van der Waals surface area contributed by atoms with Crippen molar-refractivity contribution in [2.24, 2.45) is 0 Å². The predicted molar refractivity (Wildman–Crippen MR) is 88.2 cm³/mol. The Morgan fingerprint density at radius 1 is 1.25 bits per heavy atom. The first-order valence-corrected chi connectivity index (χ1v) is 7.93. The number of aromatic nitrogens is 1. The number of carbonyl (C=O) groups excluding carboxylic acids is 1. The molecular weight excluding hydrogens is 302 g/mol. The van der Waals surface area contributed by atoms with Crippen LogP contribution in [0.15, 0.2) is 53.1 Å². The lowest BCUT2D eigenvalue weighted by Crippen LogP contribution is -2.30. The summed E-state index contributed by atoms with van der Waals surface area (Å²) >= 11 is 0. The van der Waals surface area contributed by atoms with Gasteiger partial charge in [0.05, 0.1) is 23.1 Å². The molecule has 0 saturated carbocycles. The topological polar surface area (TPSA) is 70.1 Å². The Bertz CT molecular complexity index is 940. The van der Waals surface area contributed by atoms with Crippen molar-refractivity contribution in [1.82, 2.24) is 10.1 Å². The van der Waals surface area contributed by atoms with Crippen LogP contribution in [0.3, 0.4) is 0 Å². The van der Waals surface area contributed by atoms with E-state index in [1.54, 1.807) is 18.2 Å². The van der Waals surface area contributed by atoms with Gasteiger partial charge in [-0.1, -0.05) is 35.5 Å². The van der Waals surface area contributed by atoms with Crippen LogP contribution in [0.5, 0.6) is 0 Å². The molecule has 3 aromatic rings. The van der Waals surface area contributed by atoms with Crippen LogP contribution in [0.1, 0.15) is 40.5 Å². The van der Waals surface area contributed by atoms with Gasteiger partial charge in [0.2, 0.25) is 0 Å². The summed E-state index contributed by atoms with van der Waals surface area (Å²) in [4.78, 5) is 14.9. The predicted octanol–water partition coefficient (Wildman–Crippen LogP) is 3.68. The second-order valence-corrected chi connectivity index (χ2v) is 5.92. The fraction of sp³-hybridized carbons (Fsp3) is 0.211. The fourth-order valence-corrected chi connectivity index (χ4v) is 3.33. The van der Waals surface area contributed by atoms with Crippen LogP contribution in [-0.2, 0) is 0 Å². The fourth-order valence-electron chi connectivity index (χ4n) is 3.33. The van der Waals surface area contributed by atoms with Crippen molar-refractivity contribution in [3.05, 3.63) is 65.4 Å². The molecule has 1 aliphatic rings. The maximum absolute atomic E-state index is 13.0. The van der Waals surface area contributed by atoms with Gasteiger partial charge in [-0.2, -0.15) is 5.26 Å². The third-order valence-corrected chi connectivity index (χ3v) is 4.50. The molecule has 0 spiro atoms. The van der Waals surface area contributed by atoms with Crippen molar-refractivity contribution in [2.45, 2.75) is 18.9 Å². The van der Waals surface area contributed by atoms with Crippen LogP contribution in [0, 0.1) is 11.3 Å². The first kappa shape index (κ1) is 14.5. The lowest BCUT2D eigenvalue weighted by atomic mass is 10.0. The Labute approximate surface area is 139 Å². The molecule has 5 heteroatoms. The lowest BCUT2D eigenvalue weighted by Gasteiger charge is -2.24. The molecule has 118 valence electrons. The number of carbonyl (C=O) groups is 1. The molecule has 0 radical (unpaired) electrons. The summed E-state index contributed by atoms with van der Waals surface area (Å²) in [5, 5.41) is 13.6. The van der Waals surface area contributed by atoms with E-state index in [0.29, 0.717) is 28.8 Å². The van der Waals surface area contributed by atoms with Crippen molar-refractivity contribution >= 4 is 16.9 Å². The second-order valence-electron chi connectivity index (χ2n) is 5.92. The van der Waals surface area contributed by atoms with Crippen LogP contribution >= 0.6 is 0 Å². The minimum atomic E-state index is -0.121. The number of likely N-dealkylation sites (tertiary alicyclic amines) is 1. The Morgan fingerprint density at radius 3 is 2.88 bits per heavy atom. The number of amides is 1. The molecule has 1 amide bonds. The zero-order valence-corrected chi connectivity index (χ0v) is 13.0. The van der Waals surface area contributed by atoms with Crippen molar-refractivity contribution in [3.8, 4) is 6.07 Å². The third kappa shape index (κ3) is 2.33. The second kappa shape index (κ2) is 5.82. The van der Waals surface area contributed by atoms with Crippen molar-refractivity contribution in [1.29, 1.82) is 5.26 Å². The molecule has 1 atom stereocenters. The summed E-state index contributed by atoms with van der Waals surface area (Å²) in [6.07, 6.45) is 1.92. The van der Waals surface area contributed by atoms with E-state index >= 15 is 0 Å². The molecule has 4 rings (SSSR count). The van der Waals surface area contributed by atoms with Gasteiger partial charge in [0.1, 0.15) is 0 Å². The average Bonchev–Trinajstić information content (AvgIpc) is 3.28. The van der Waals surface area contributed by atoms with Crippen LogP contribution in [-0.4, -0.2) is 22.5 Å². The zero-order chi connectivity index (χ0) is 16.5. The van der Waals surface area contributed by atoms with E-state index in [4.69, 9.17) is 9.78 Å². The van der Waals surface area contributed by atoms with E-state index in [-0.39, 0.29) is 11.9 Å². The average molecular weight is 317 g/mol. The molecule has 0 bridgehead atoms. The Morgan fingerprint density at radius 2 is 2.08 bits per heavy atom. The van der Waals surface area contributed by atoms with Gasteiger partial charge in [0.15, 0.2) is 11.3 Å². The van der Waals surface area contributed by atoms with E-state index in [2.05, 4.69) is 23.4 Å². The van der Waals surface area contributed by atoms with E-state index in [1.165, 1.54) is 0 Å². The van der Waals surface area contributed by atoms with Gasteiger partial charge in [-0.05, 0) is 30.5 Å². The first-order valence-electron chi connectivity index (χ1n) is 7.93. The molecule has 0 unspecified atom stereocenters. The van der Waals surface area contributed by atoms with Crippen LogP contribution in [0.2, 0.25) is 0 Å². The van der Waals surface area contributed by atoms with Gasteiger partial charge in [0, 0.05) is 12.6 Å². The highest BCUT2D eigenvalue weighted by molar-refractivity contribution is 6.04. The molecule has 0 N–H and O–H groups in total. The quantitative estimate of drug-likeness (QED) is 0.723. The molecule has 1 aromatic heterocycles. The van der Waals surface area contributed by atoms with Crippen molar-refractivity contribution in [3.63, 3.8) is 0 Å². The Hall–Kier alpha value is -3.13. The first-order chi connectivity index (χ1) is 11.8. The summed E-state index contributed by atoms with van der Waals surface area (Å²) in [5.74, 6) is -0.121. The minimum absolute atomic E-state index is 0.0730. The summed E-state index contributed by atoms with van der Waals surface area (Å²) in [6.45, 7) is 0.711. The number of nitriles is 1.